The highest BCUT2D eigenvalue weighted by atomic mass is 79.9. The highest BCUT2D eigenvalue weighted by molar-refractivity contribution is 9.10. The molecule has 2 aromatic carbocycles. The third-order valence-corrected chi connectivity index (χ3v) is 3.48. The summed E-state index contributed by atoms with van der Waals surface area (Å²) in [4.78, 5) is 0. The van der Waals surface area contributed by atoms with E-state index in [1.165, 1.54) is 0 Å². The van der Waals surface area contributed by atoms with Crippen LogP contribution >= 0.6 is 31.9 Å². The predicted octanol–water partition coefficient (Wildman–Crippen LogP) is 4.62. The van der Waals surface area contributed by atoms with Crippen molar-refractivity contribution in [2.45, 2.75) is 0 Å². The van der Waals surface area contributed by atoms with Crippen molar-refractivity contribution < 1.29 is 0 Å². The molecule has 0 heterocycles. The summed E-state index contributed by atoms with van der Waals surface area (Å²) in [5.41, 5.74) is 2.63. The Balaban J connectivity index is 2.71. The summed E-state index contributed by atoms with van der Waals surface area (Å²) in [5.74, 6) is 0. The Morgan fingerprint density at radius 3 is 1.44 bits per heavy atom. The molecule has 0 aliphatic carbocycles. The van der Waals surface area contributed by atoms with Gasteiger partial charge in [0.15, 0.2) is 0 Å². The lowest BCUT2D eigenvalue weighted by Crippen LogP contribution is -1.89. The van der Waals surface area contributed by atoms with Crippen LogP contribution in [0.2, 0.25) is 0 Å². The number of halogens is 2. The van der Waals surface area contributed by atoms with Gasteiger partial charge in [0.2, 0.25) is 0 Å². The van der Waals surface area contributed by atoms with E-state index in [0.29, 0.717) is 11.1 Å². The summed E-state index contributed by atoms with van der Waals surface area (Å²) in [5, 5.41) is 18.3. The number of hydrogen-bond donors (Lipinski definition) is 0. The van der Waals surface area contributed by atoms with Crippen molar-refractivity contribution in [2.24, 2.45) is 0 Å². The molecule has 18 heavy (non-hydrogen) atoms. The Labute approximate surface area is 122 Å². The van der Waals surface area contributed by atoms with Crippen LogP contribution in [0.1, 0.15) is 11.1 Å². The van der Waals surface area contributed by atoms with Gasteiger partial charge in [0, 0.05) is 20.1 Å². The SMILES string of the molecule is N#Cc1cc(Br)ccc1-c1ccc(Br)cc1C#N. The number of nitriles is 2. The molecule has 2 aromatic rings. The molecule has 0 radical (unpaired) electrons. The maximum atomic E-state index is 9.16. The largest absolute Gasteiger partial charge is 0.192 e. The summed E-state index contributed by atoms with van der Waals surface area (Å²) in [7, 11) is 0. The van der Waals surface area contributed by atoms with E-state index >= 15 is 0 Å². The second kappa shape index (κ2) is 5.35. The smallest absolute Gasteiger partial charge is 0.0998 e. The van der Waals surface area contributed by atoms with Gasteiger partial charge in [-0.3, -0.25) is 0 Å². The van der Waals surface area contributed by atoms with Crippen molar-refractivity contribution >= 4 is 31.9 Å². The Kier molecular flexibility index (Phi) is 3.81. The maximum Gasteiger partial charge on any atom is 0.0998 e. The fourth-order valence-corrected chi connectivity index (χ4v) is 2.41. The molecule has 0 bridgehead atoms. The molecule has 0 saturated carbocycles. The Hall–Kier alpha value is -1.62. The van der Waals surface area contributed by atoms with E-state index in [2.05, 4.69) is 44.0 Å². The van der Waals surface area contributed by atoms with Crippen LogP contribution in [-0.2, 0) is 0 Å². The third kappa shape index (κ3) is 2.46. The second-order valence-electron chi connectivity index (χ2n) is 3.60. The molecule has 4 heteroatoms. The number of rotatable bonds is 1. The number of benzene rings is 2. The summed E-state index contributed by atoms with van der Waals surface area (Å²) >= 11 is 6.67. The van der Waals surface area contributed by atoms with Gasteiger partial charge in [0.05, 0.1) is 23.3 Å². The van der Waals surface area contributed by atoms with Crippen LogP contribution in [0.5, 0.6) is 0 Å². The molecular formula is C14H6Br2N2. The molecule has 0 aliphatic heterocycles. The van der Waals surface area contributed by atoms with Gasteiger partial charge >= 0.3 is 0 Å². The molecule has 86 valence electrons. The van der Waals surface area contributed by atoms with E-state index in [4.69, 9.17) is 10.5 Å². The molecule has 2 nitrogen and oxygen atoms in total. The molecule has 2 rings (SSSR count). The van der Waals surface area contributed by atoms with Gasteiger partial charge < -0.3 is 0 Å². The van der Waals surface area contributed by atoms with E-state index in [9.17, 15) is 0 Å². The van der Waals surface area contributed by atoms with Crippen molar-refractivity contribution in [1.29, 1.82) is 10.5 Å². The first-order valence-electron chi connectivity index (χ1n) is 5.05. The molecule has 0 atom stereocenters. The van der Waals surface area contributed by atoms with Crippen LogP contribution in [0.15, 0.2) is 45.3 Å². The summed E-state index contributed by atoms with van der Waals surface area (Å²) in [6.07, 6.45) is 0. The molecule has 0 fully saturated rings. The first-order valence-corrected chi connectivity index (χ1v) is 6.64. The fraction of sp³-hybridized carbons (Fsp3) is 0. The zero-order valence-electron chi connectivity index (χ0n) is 9.11. The van der Waals surface area contributed by atoms with E-state index in [1.807, 2.05) is 24.3 Å². The van der Waals surface area contributed by atoms with E-state index in [-0.39, 0.29) is 0 Å². The second-order valence-corrected chi connectivity index (χ2v) is 5.43. The van der Waals surface area contributed by atoms with Crippen molar-refractivity contribution in [3.63, 3.8) is 0 Å². The molecule has 0 amide bonds. The molecular weight excluding hydrogens is 356 g/mol. The first-order chi connectivity index (χ1) is 8.65. The van der Waals surface area contributed by atoms with E-state index < -0.39 is 0 Å². The van der Waals surface area contributed by atoms with Crippen LogP contribution in [0.25, 0.3) is 11.1 Å². The lowest BCUT2D eigenvalue weighted by atomic mass is 9.96. The van der Waals surface area contributed by atoms with Gasteiger partial charge in [-0.1, -0.05) is 44.0 Å². The summed E-state index contributed by atoms with van der Waals surface area (Å²) < 4.78 is 1.69. The fourth-order valence-electron chi connectivity index (χ4n) is 1.69. The quantitative estimate of drug-likeness (QED) is 0.743. The average Bonchev–Trinajstić information content (AvgIpc) is 2.38. The van der Waals surface area contributed by atoms with Gasteiger partial charge in [-0.05, 0) is 24.3 Å². The molecule has 0 spiro atoms. The molecule has 0 aromatic heterocycles. The van der Waals surface area contributed by atoms with Crippen LogP contribution in [0.3, 0.4) is 0 Å². The summed E-state index contributed by atoms with van der Waals surface area (Å²) in [6, 6.07) is 15.2. The predicted molar refractivity (Wildman–Crippen MR) is 76.7 cm³/mol. The average molecular weight is 362 g/mol. The first kappa shape index (κ1) is 12.8. The highest BCUT2D eigenvalue weighted by Gasteiger charge is 2.10. The van der Waals surface area contributed by atoms with Crippen molar-refractivity contribution in [1.82, 2.24) is 0 Å². The standard InChI is InChI=1S/C14H6Br2N2/c15-11-1-3-13(9(5-11)7-17)14-4-2-12(16)6-10(14)8-18/h1-6H. The molecule has 0 unspecified atom stereocenters. The van der Waals surface area contributed by atoms with Crippen LogP contribution in [-0.4, -0.2) is 0 Å². The third-order valence-electron chi connectivity index (χ3n) is 2.49. The van der Waals surface area contributed by atoms with Gasteiger partial charge in [-0.25, -0.2) is 0 Å². The van der Waals surface area contributed by atoms with Crippen molar-refractivity contribution in [3.05, 3.63) is 56.5 Å². The Morgan fingerprint density at radius 2 is 1.11 bits per heavy atom. The van der Waals surface area contributed by atoms with Gasteiger partial charge in [0.25, 0.3) is 0 Å². The van der Waals surface area contributed by atoms with Crippen molar-refractivity contribution in [2.75, 3.05) is 0 Å². The normalized spacial score (nSPS) is 9.56. The lowest BCUT2D eigenvalue weighted by Gasteiger charge is -2.07. The van der Waals surface area contributed by atoms with Crippen LogP contribution in [0.4, 0.5) is 0 Å². The Morgan fingerprint density at radius 1 is 0.722 bits per heavy atom. The molecule has 0 aliphatic rings. The van der Waals surface area contributed by atoms with Gasteiger partial charge in [-0.2, -0.15) is 10.5 Å². The topological polar surface area (TPSA) is 47.6 Å². The minimum absolute atomic E-state index is 0.545. The summed E-state index contributed by atoms with van der Waals surface area (Å²) in [6.45, 7) is 0. The number of hydrogen-bond acceptors (Lipinski definition) is 2. The van der Waals surface area contributed by atoms with Crippen molar-refractivity contribution in [3.8, 4) is 23.3 Å². The zero-order valence-corrected chi connectivity index (χ0v) is 12.3. The Bertz CT molecular complexity index is 632. The maximum absolute atomic E-state index is 9.16. The minimum Gasteiger partial charge on any atom is -0.192 e. The highest BCUT2D eigenvalue weighted by Crippen LogP contribution is 2.30. The lowest BCUT2D eigenvalue weighted by molar-refractivity contribution is 1.44. The van der Waals surface area contributed by atoms with Crippen LogP contribution < -0.4 is 0 Å². The monoisotopic (exact) mass is 360 g/mol. The van der Waals surface area contributed by atoms with E-state index in [1.54, 1.807) is 12.1 Å². The zero-order chi connectivity index (χ0) is 13.1. The van der Waals surface area contributed by atoms with Gasteiger partial charge in [-0.15, -0.1) is 0 Å². The molecule has 0 N–H and O–H groups in total. The number of nitrogens with zero attached hydrogens (tertiary/aromatic N) is 2. The van der Waals surface area contributed by atoms with Crippen LogP contribution in [0, 0.1) is 22.7 Å². The van der Waals surface area contributed by atoms with E-state index in [0.717, 1.165) is 20.1 Å². The molecule has 0 saturated heterocycles. The van der Waals surface area contributed by atoms with Gasteiger partial charge in [0.1, 0.15) is 0 Å². The minimum atomic E-state index is 0.545.